The fourth-order valence-corrected chi connectivity index (χ4v) is 25.2. The number of allylic oxidation sites excluding steroid dienone is 4. The van der Waals surface area contributed by atoms with Gasteiger partial charge in [-0.15, -0.1) is 0 Å². The van der Waals surface area contributed by atoms with E-state index in [2.05, 4.69) is 77.6 Å². The summed E-state index contributed by atoms with van der Waals surface area (Å²) in [6, 6.07) is 10.7. The van der Waals surface area contributed by atoms with E-state index in [1.807, 2.05) is 0 Å². The van der Waals surface area contributed by atoms with Gasteiger partial charge in [0.25, 0.3) is 0 Å². The first-order chi connectivity index (χ1) is 9.12. The minimum absolute atomic E-state index is 0.606. The van der Waals surface area contributed by atoms with Crippen LogP contribution in [0, 0.1) is 5.92 Å². The molecule has 1 aliphatic rings. The SMILES string of the molecule is CC1=C(C)C(C)[C]([Hf]([CH3])([CH3])(=[SiH2])[NH]c2ccccc2)=C1C. The summed E-state index contributed by atoms with van der Waals surface area (Å²) in [5, 5.41) is 0. The average Bonchev–Trinajstić information content (AvgIpc) is 2.54. The van der Waals surface area contributed by atoms with Gasteiger partial charge < -0.3 is 0 Å². The van der Waals surface area contributed by atoms with Gasteiger partial charge in [0.1, 0.15) is 0 Å². The molecule has 0 saturated carbocycles. The predicted octanol–water partition coefficient (Wildman–Crippen LogP) is 4.61. The monoisotopic (exact) mass is 453 g/mol. The van der Waals surface area contributed by atoms with Gasteiger partial charge in [0.15, 0.2) is 0 Å². The molecular formula is C17H27HfNSi. The van der Waals surface area contributed by atoms with E-state index in [-0.39, 0.29) is 0 Å². The van der Waals surface area contributed by atoms with Crippen molar-refractivity contribution in [1.29, 1.82) is 0 Å². The van der Waals surface area contributed by atoms with Crippen LogP contribution in [0.25, 0.3) is 0 Å². The fourth-order valence-electron chi connectivity index (χ4n) is 3.71. The summed E-state index contributed by atoms with van der Waals surface area (Å²) < 4.78 is 10.8. The number of hydrogen-bond acceptors (Lipinski definition) is 1. The Kier molecular flexibility index (Phi) is 4.07. The molecule has 20 heavy (non-hydrogen) atoms. The number of hydrogen-bond donors (Lipinski definition) is 1. The molecule has 0 aromatic heterocycles. The van der Waals surface area contributed by atoms with Crippen molar-refractivity contribution >= 4 is 12.6 Å². The van der Waals surface area contributed by atoms with E-state index in [4.69, 9.17) is 0 Å². The maximum atomic E-state index is 3.99. The Bertz CT molecular complexity index is 661. The molecule has 1 N–H and O–H groups in total. The van der Waals surface area contributed by atoms with Crippen LogP contribution in [0.1, 0.15) is 27.7 Å². The summed E-state index contributed by atoms with van der Waals surface area (Å²) in [5.74, 6) is 0.606. The van der Waals surface area contributed by atoms with Crippen molar-refractivity contribution in [2.75, 3.05) is 3.30 Å². The topological polar surface area (TPSA) is 12.0 Å². The molecule has 0 amide bonds. The summed E-state index contributed by atoms with van der Waals surface area (Å²) in [5.41, 5.74) is 5.90. The van der Waals surface area contributed by atoms with Crippen LogP contribution in [0.3, 0.4) is 0 Å². The van der Waals surface area contributed by atoms with Crippen molar-refractivity contribution in [2.45, 2.75) is 37.1 Å². The van der Waals surface area contributed by atoms with Crippen molar-refractivity contribution in [3.63, 3.8) is 0 Å². The number of benzene rings is 1. The molecule has 108 valence electrons. The molecule has 0 bridgehead atoms. The quantitative estimate of drug-likeness (QED) is 0.662. The standard InChI is InChI=1S/C9H13.C6H6N.2CH3.Hf.H2Si/c1-6-5-7(2)9(4)8(6)3;7-6-4-2-1-3-5-6;;;;/h6H,1-4H3;1-5,7H;2*1H3;;1H2/q;-1;;;+1;. The van der Waals surface area contributed by atoms with E-state index < -0.39 is 17.4 Å². The summed E-state index contributed by atoms with van der Waals surface area (Å²) >= 11 is -3.21. The van der Waals surface area contributed by atoms with Crippen molar-refractivity contribution in [3.05, 3.63) is 50.4 Å². The van der Waals surface area contributed by atoms with Gasteiger partial charge in [-0.1, -0.05) is 0 Å². The number of nitrogens with one attached hydrogen (secondary N) is 1. The molecule has 2 rings (SSSR count). The molecule has 0 radical (unpaired) electrons. The van der Waals surface area contributed by atoms with E-state index >= 15 is 0 Å². The zero-order chi connectivity index (χ0) is 15.2. The van der Waals surface area contributed by atoms with Crippen LogP contribution in [0.2, 0.25) is 9.36 Å². The Hall–Kier alpha value is -0.413. The van der Waals surface area contributed by atoms with Gasteiger partial charge in [-0.2, -0.15) is 0 Å². The Balaban J connectivity index is 2.48. The van der Waals surface area contributed by atoms with E-state index in [9.17, 15) is 0 Å². The molecule has 0 saturated heterocycles. The third-order valence-electron chi connectivity index (χ3n) is 4.82. The molecule has 0 fully saturated rings. The number of para-hydroxylation sites is 1. The van der Waals surface area contributed by atoms with Crippen LogP contribution in [-0.4, -0.2) is 6.94 Å². The first-order valence-electron chi connectivity index (χ1n) is 7.42. The first-order valence-corrected chi connectivity index (χ1v) is 26.5. The van der Waals surface area contributed by atoms with Crippen LogP contribution in [-0.2, 0) is 17.4 Å². The van der Waals surface area contributed by atoms with Crippen molar-refractivity contribution in [1.82, 2.24) is 0 Å². The van der Waals surface area contributed by atoms with E-state index in [1.165, 1.54) is 11.3 Å². The fraction of sp³-hybridized carbons (Fsp3) is 0.412. The molecular weight excluding hydrogens is 425 g/mol. The zero-order valence-corrected chi connectivity index (χ0v) is 18.7. The van der Waals surface area contributed by atoms with Crippen LogP contribution < -0.4 is 3.30 Å². The molecule has 1 aliphatic carbocycles. The van der Waals surface area contributed by atoms with Crippen molar-refractivity contribution in [2.24, 2.45) is 5.92 Å². The van der Waals surface area contributed by atoms with Gasteiger partial charge in [-0.05, 0) is 0 Å². The first kappa shape index (κ1) is 16.0. The van der Waals surface area contributed by atoms with Gasteiger partial charge in [0, 0.05) is 0 Å². The van der Waals surface area contributed by atoms with Crippen LogP contribution in [0.5, 0.6) is 0 Å². The third kappa shape index (κ3) is 2.80. The Labute approximate surface area is 126 Å². The molecule has 1 aromatic carbocycles. The molecule has 1 atom stereocenters. The Morgan fingerprint density at radius 2 is 1.55 bits per heavy atom. The van der Waals surface area contributed by atoms with Gasteiger partial charge in [-0.3, -0.25) is 0 Å². The van der Waals surface area contributed by atoms with Gasteiger partial charge in [0.2, 0.25) is 0 Å². The normalized spacial score (nSPS) is 20.6. The van der Waals surface area contributed by atoms with Gasteiger partial charge >= 0.3 is 127 Å². The molecule has 3 heteroatoms. The molecule has 0 aliphatic heterocycles. The van der Waals surface area contributed by atoms with Gasteiger partial charge in [-0.25, -0.2) is 0 Å². The Morgan fingerprint density at radius 3 is 2.00 bits per heavy atom. The predicted molar refractivity (Wildman–Crippen MR) is 90.6 cm³/mol. The summed E-state index contributed by atoms with van der Waals surface area (Å²) in [7, 11) is 0. The van der Waals surface area contributed by atoms with E-state index in [0.717, 1.165) is 0 Å². The summed E-state index contributed by atoms with van der Waals surface area (Å²) in [6.45, 7) is 11.6. The minimum atomic E-state index is -3.21. The van der Waals surface area contributed by atoms with Crippen molar-refractivity contribution in [3.8, 4) is 0 Å². The number of anilines is 1. The van der Waals surface area contributed by atoms with Crippen LogP contribution >= 0.6 is 0 Å². The zero-order valence-electron chi connectivity index (χ0n) is 13.7. The maximum absolute atomic E-state index is 3.99. The molecule has 1 unspecified atom stereocenters. The molecule has 0 spiro atoms. The van der Waals surface area contributed by atoms with Crippen molar-refractivity contribution < 1.29 is 17.4 Å². The second-order valence-corrected chi connectivity index (χ2v) is 46.7. The third-order valence-corrected chi connectivity index (χ3v) is 22.4. The molecule has 1 aromatic rings. The second kappa shape index (κ2) is 5.10. The number of rotatable bonds is 3. The van der Waals surface area contributed by atoms with Crippen LogP contribution in [0.15, 0.2) is 50.4 Å². The average molecular weight is 452 g/mol. The molecule has 1 nitrogen and oxygen atoms in total. The van der Waals surface area contributed by atoms with Crippen LogP contribution in [0.4, 0.5) is 5.69 Å². The summed E-state index contributed by atoms with van der Waals surface area (Å²) in [4.78, 5) is 0. The molecule has 0 heterocycles. The van der Waals surface area contributed by atoms with E-state index in [1.54, 1.807) is 14.5 Å². The van der Waals surface area contributed by atoms with Gasteiger partial charge in [0.05, 0.1) is 0 Å². The Morgan fingerprint density at radius 1 is 1.00 bits per heavy atom. The van der Waals surface area contributed by atoms with E-state index in [0.29, 0.717) is 5.92 Å². The second-order valence-electron chi connectivity index (χ2n) is 7.25. The summed E-state index contributed by atoms with van der Waals surface area (Å²) in [6.07, 6.45) is 0.